The third kappa shape index (κ3) is 63.4. The van der Waals surface area contributed by atoms with E-state index in [1.165, 1.54) is 155 Å². The van der Waals surface area contributed by atoms with E-state index in [2.05, 4.69) is 118 Å². The summed E-state index contributed by atoms with van der Waals surface area (Å²) in [5.74, 6) is 11.7. The highest BCUT2D eigenvalue weighted by molar-refractivity contribution is 5.79. The maximum atomic E-state index is 12.1. The summed E-state index contributed by atoms with van der Waals surface area (Å²) >= 11 is 0. The Kier molecular flexibility index (Phi) is 68.0. The fourth-order valence-electron chi connectivity index (χ4n) is 20.5. The standard InChI is InChI=1S/C10H19NO.C9H17NO.C9H16O2.2C9H18.C8H13F3O.C8H13F3.C8H14F2O.C8H15NO.C8H13N.C8H14O2.C8H16O.C7H12O/c1-8-4-6-9(7-5-8)10(12)11(2)3;1-7-3-5-8(6-4-7)9(11)10-2;1-7-3-5-9(6-4-7)11-8(2)10;2*1-8(2)9-6-4-3-5-7-9;1-6-2-4-7(5-3-6)12-8(9,10)11;1-6-2-4-7(5-3-6)8(9,10)11;1-6-2-4-7(5-3-6)11-8(9)10;1-6-2-4-7(5-3-6)8(9)10;1-7-2-4-8(6-9)5-3-7;1-6-2-4-7(5-3-6)8(9)10;1-2-8(9)6-4-3-5-7-8;1-6-2-4-7(8)5-3-6/h8-9H,4-7H2,1-3H3;7-8H,3-6H2,1-2H3,(H,10,11);7,9H,3-6H2,1-2H3;2*8-9H,3-7H2,1-2H3;6-7H,2-5H2,1H3;6-7H,2-5H2,1H3;6-8H,2-5H2,1H3;6-7H,2-5H2,1H3,(H2,9,10);7-8H,2-5H2,1H3;6-7H,2-5H2,1H3,(H,9,10);9H,2-7H2,1H3;6H,2-5H2,1H3. The topological polar surface area (TPSA) is 236 Å². The number of carbonyl (C=O) groups is 6. The quantitative estimate of drug-likeness (QED) is 0.112. The lowest BCUT2D eigenvalue weighted by Crippen LogP contribution is -2.31. The van der Waals surface area contributed by atoms with Crippen molar-refractivity contribution in [2.45, 2.75) is 513 Å². The lowest BCUT2D eigenvalue weighted by Gasteiger charge is -2.30. The molecule has 0 unspecified atom stereocenters. The summed E-state index contributed by atoms with van der Waals surface area (Å²) in [4.78, 5) is 66.7. The van der Waals surface area contributed by atoms with Gasteiger partial charge in [0.15, 0.2) is 0 Å². The molecule has 132 heavy (non-hydrogen) atoms. The first kappa shape index (κ1) is 126. The molecule has 23 heteroatoms. The van der Waals surface area contributed by atoms with Gasteiger partial charge >= 0.3 is 31.1 Å². The average Bonchev–Trinajstić information content (AvgIpc) is 0.863. The van der Waals surface area contributed by atoms with Gasteiger partial charge in [-0.15, -0.1) is 13.2 Å². The molecule has 5 N–H and O–H groups in total. The van der Waals surface area contributed by atoms with Crippen LogP contribution in [-0.4, -0.2) is 115 Å². The molecule has 13 saturated carbocycles. The first-order valence-corrected chi connectivity index (χ1v) is 53.6. The Morgan fingerprint density at radius 3 is 1.05 bits per heavy atom. The fraction of sp³-hybridized carbons (Fsp3) is 0.936. The normalized spacial score (nSPS) is 30.3. The second-order valence-electron chi connectivity index (χ2n) is 44.4. The van der Waals surface area contributed by atoms with Gasteiger partial charge in [0.05, 0.1) is 35.7 Å². The number of ketones is 1. The van der Waals surface area contributed by atoms with Crippen LogP contribution in [0.25, 0.3) is 0 Å². The van der Waals surface area contributed by atoms with Crippen molar-refractivity contribution in [1.29, 1.82) is 5.26 Å². The number of nitriles is 1. The minimum Gasteiger partial charge on any atom is -0.481 e. The number of nitrogens with zero attached hydrogens (tertiary/aromatic N) is 2. The average molecular weight is 1890 g/mol. The van der Waals surface area contributed by atoms with Crippen molar-refractivity contribution in [3.8, 4) is 6.07 Å². The van der Waals surface area contributed by atoms with Crippen LogP contribution < -0.4 is 11.1 Å². The molecule has 0 heterocycles. The van der Waals surface area contributed by atoms with Crippen LogP contribution in [0.5, 0.6) is 0 Å². The van der Waals surface area contributed by atoms with E-state index >= 15 is 0 Å². The number of nitrogens with two attached hydrogens (primary N) is 1. The van der Waals surface area contributed by atoms with Crippen molar-refractivity contribution in [3.05, 3.63) is 0 Å². The number of nitrogens with one attached hydrogen (secondary N) is 1. The number of Topliss-reactive ketones (excluding diaryl/α,β-unsaturated/α-hetero) is 1. The first-order chi connectivity index (χ1) is 62.1. The summed E-state index contributed by atoms with van der Waals surface area (Å²) < 4.78 is 108. The predicted molar refractivity (Wildman–Crippen MR) is 522 cm³/mol. The maximum Gasteiger partial charge on any atom is 0.522 e. The van der Waals surface area contributed by atoms with Crippen molar-refractivity contribution in [2.24, 2.45) is 124 Å². The number of esters is 1. The summed E-state index contributed by atoms with van der Waals surface area (Å²) in [6.07, 6.45) is 52.1. The Morgan fingerprint density at radius 2 is 0.765 bits per heavy atom. The number of hydrogen-bond donors (Lipinski definition) is 4. The zero-order valence-electron chi connectivity index (χ0n) is 87.0. The van der Waals surface area contributed by atoms with Gasteiger partial charge in [-0.1, -0.05) is 200 Å². The van der Waals surface area contributed by atoms with Crippen molar-refractivity contribution in [2.75, 3.05) is 21.1 Å². The third-order valence-electron chi connectivity index (χ3n) is 31.2. The molecule has 0 aromatic carbocycles. The molecule has 0 aromatic heterocycles. The van der Waals surface area contributed by atoms with E-state index in [0.717, 1.165) is 251 Å². The van der Waals surface area contributed by atoms with Gasteiger partial charge in [0.1, 0.15) is 11.9 Å². The van der Waals surface area contributed by atoms with Gasteiger partial charge in [0.2, 0.25) is 17.7 Å². The van der Waals surface area contributed by atoms with Crippen molar-refractivity contribution in [1.82, 2.24) is 10.2 Å². The molecule has 0 aliphatic heterocycles. The zero-order valence-corrected chi connectivity index (χ0v) is 87.0. The number of halogens is 8. The SMILES string of the molecule is CC(=O)OC1CCC(C)CC1.CC(C)C1CCCCC1.CC(C)C1CCCCC1.CC1CCC(=O)CC1.CC1CCC(C#N)CC1.CC1CCC(C(=O)N(C)C)CC1.CC1CCC(C(=O)O)CC1.CC1CCC(C(F)(F)F)CC1.CC1CCC(C(N)=O)CC1.CC1CCC(OC(F)(F)F)CC1.CC1CCC(OC(F)F)CC1.CCC1(O)CCCCC1.CNC(=O)C1CCC(C)CC1. The van der Waals surface area contributed by atoms with Crippen LogP contribution in [0.1, 0.15) is 470 Å². The van der Waals surface area contributed by atoms with Gasteiger partial charge < -0.3 is 35.6 Å². The van der Waals surface area contributed by atoms with Crippen LogP contribution in [0.2, 0.25) is 0 Å². The second kappa shape index (κ2) is 71.3. The van der Waals surface area contributed by atoms with E-state index in [4.69, 9.17) is 20.8 Å². The monoisotopic (exact) mass is 1890 g/mol. The number of carboxylic acid groups (broad SMARTS) is 1. The van der Waals surface area contributed by atoms with Gasteiger partial charge in [0, 0.05) is 64.6 Å². The van der Waals surface area contributed by atoms with Crippen LogP contribution in [0.4, 0.5) is 35.1 Å². The van der Waals surface area contributed by atoms with Crippen LogP contribution in [-0.2, 0) is 43.0 Å². The number of rotatable bonds is 11. The van der Waals surface area contributed by atoms with Gasteiger partial charge in [-0.3, -0.25) is 33.5 Å². The summed E-state index contributed by atoms with van der Waals surface area (Å²) in [5.41, 5.74) is 4.89. The minimum atomic E-state index is -4.45. The molecule has 0 atom stereocenters. The van der Waals surface area contributed by atoms with Crippen molar-refractivity contribution >= 4 is 35.4 Å². The Morgan fingerprint density at radius 1 is 0.455 bits per heavy atom. The number of carboxylic acids is 1. The molecule has 13 rings (SSSR count). The molecule has 15 nitrogen and oxygen atoms in total. The molecular weight excluding hydrogens is 1690 g/mol. The summed E-state index contributed by atoms with van der Waals surface area (Å²) in [6.45, 7) is 32.3. The Hall–Kier alpha value is -4.17. The highest BCUT2D eigenvalue weighted by Gasteiger charge is 2.41. The van der Waals surface area contributed by atoms with E-state index in [9.17, 15) is 69.0 Å². The Bertz CT molecular complexity index is 2870. The lowest BCUT2D eigenvalue weighted by molar-refractivity contribution is -0.345. The van der Waals surface area contributed by atoms with Crippen molar-refractivity contribution in [3.63, 3.8) is 0 Å². The maximum absolute atomic E-state index is 12.1. The molecule has 776 valence electrons. The Balaban J connectivity index is 0.000000716. The van der Waals surface area contributed by atoms with Gasteiger partial charge in [0.25, 0.3) is 0 Å². The number of ether oxygens (including phenoxy) is 3. The smallest absolute Gasteiger partial charge is 0.481 e. The molecule has 0 spiro atoms. The van der Waals surface area contributed by atoms with Crippen LogP contribution >= 0.6 is 0 Å². The molecule has 13 fully saturated rings. The molecule has 13 aliphatic rings. The highest BCUT2D eigenvalue weighted by atomic mass is 19.4. The minimum absolute atomic E-state index is 0.0452. The highest BCUT2D eigenvalue weighted by Crippen LogP contribution is 2.41. The van der Waals surface area contributed by atoms with E-state index < -0.39 is 37.1 Å². The summed E-state index contributed by atoms with van der Waals surface area (Å²) in [7, 11) is 5.42. The van der Waals surface area contributed by atoms with Crippen LogP contribution in [0.3, 0.4) is 0 Å². The number of hydrogen-bond acceptors (Lipinski definition) is 11. The van der Waals surface area contributed by atoms with Gasteiger partial charge in [-0.2, -0.15) is 27.2 Å². The first-order valence-electron chi connectivity index (χ1n) is 53.6. The number of aliphatic hydroxyl groups is 1. The van der Waals surface area contributed by atoms with Crippen LogP contribution in [0.15, 0.2) is 0 Å². The molecule has 0 saturated heterocycles. The lowest BCUT2D eigenvalue weighted by atomic mass is 9.82. The summed E-state index contributed by atoms with van der Waals surface area (Å²) in [5, 5.41) is 29.5. The van der Waals surface area contributed by atoms with Gasteiger partial charge in [-0.25, -0.2) is 0 Å². The zero-order chi connectivity index (χ0) is 99.5. The number of carbonyl (C=O) groups excluding carboxylic acids is 5. The molecule has 3 amide bonds. The van der Waals surface area contributed by atoms with Crippen molar-refractivity contribution < 1.29 is 88.3 Å². The van der Waals surface area contributed by atoms with E-state index in [0.29, 0.717) is 72.9 Å². The fourth-order valence-corrected chi connectivity index (χ4v) is 20.5. The molecule has 13 aliphatic carbocycles. The number of aliphatic carboxylic acids is 1. The molecule has 0 radical (unpaired) electrons. The van der Waals surface area contributed by atoms with E-state index in [1.54, 1.807) is 11.9 Å². The number of alkyl halides is 8. The molecular formula is C109H198F8N4O11. The number of amides is 3. The number of primary amides is 1. The largest absolute Gasteiger partial charge is 0.522 e. The predicted octanol–water partition coefficient (Wildman–Crippen LogP) is 30.7. The van der Waals surface area contributed by atoms with Gasteiger partial charge in [-0.05, 0) is 333 Å². The summed E-state index contributed by atoms with van der Waals surface area (Å²) in [6, 6.07) is 2.32. The third-order valence-corrected chi connectivity index (χ3v) is 31.2. The Labute approximate surface area is 799 Å². The molecule has 0 bridgehead atoms. The second-order valence-corrected chi connectivity index (χ2v) is 44.4. The van der Waals surface area contributed by atoms with E-state index in [-0.39, 0.29) is 47.4 Å². The van der Waals surface area contributed by atoms with E-state index in [1.807, 2.05) is 21.0 Å². The molecule has 0 aromatic rings. The van der Waals surface area contributed by atoms with Crippen LogP contribution in [0, 0.1) is 130 Å².